The van der Waals surface area contributed by atoms with Crippen LogP contribution in [0.2, 0.25) is 0 Å². The third kappa shape index (κ3) is 2.49. The van der Waals surface area contributed by atoms with Crippen LogP contribution in [0.1, 0.15) is 15.9 Å². The number of amides is 1. The highest BCUT2D eigenvalue weighted by Gasteiger charge is 2.08. The van der Waals surface area contributed by atoms with Crippen LogP contribution in [-0.4, -0.2) is 15.9 Å². The number of fused-ring (bicyclic) bond motifs is 1. The molecule has 0 saturated heterocycles. The lowest BCUT2D eigenvalue weighted by Gasteiger charge is -2.05. The van der Waals surface area contributed by atoms with Crippen molar-refractivity contribution in [3.63, 3.8) is 0 Å². The van der Waals surface area contributed by atoms with Gasteiger partial charge in [-0.05, 0) is 36.8 Å². The summed E-state index contributed by atoms with van der Waals surface area (Å²) in [6.45, 7) is 1.95. The molecule has 0 bridgehead atoms. The number of rotatable bonds is 2. The molecule has 98 valence electrons. The van der Waals surface area contributed by atoms with Crippen molar-refractivity contribution in [2.75, 3.05) is 5.32 Å². The summed E-state index contributed by atoms with van der Waals surface area (Å²) < 4.78 is 0. The molecule has 1 N–H and O–H groups in total. The van der Waals surface area contributed by atoms with Crippen LogP contribution < -0.4 is 5.32 Å². The zero-order chi connectivity index (χ0) is 13.9. The first-order valence-electron chi connectivity index (χ1n) is 6.31. The van der Waals surface area contributed by atoms with Crippen molar-refractivity contribution in [1.29, 1.82) is 0 Å². The molecule has 4 heteroatoms. The number of hydrogen-bond acceptors (Lipinski definition) is 3. The SMILES string of the molecule is Cc1ccnc(NC(=O)c2cnc3ccccc3c2)c1. The number of nitrogens with one attached hydrogen (secondary N) is 1. The van der Waals surface area contributed by atoms with Gasteiger partial charge in [-0.3, -0.25) is 9.78 Å². The summed E-state index contributed by atoms with van der Waals surface area (Å²) >= 11 is 0. The van der Waals surface area contributed by atoms with E-state index < -0.39 is 0 Å². The van der Waals surface area contributed by atoms with E-state index >= 15 is 0 Å². The van der Waals surface area contributed by atoms with E-state index in [4.69, 9.17) is 0 Å². The molecule has 0 unspecified atom stereocenters. The number of benzene rings is 1. The zero-order valence-corrected chi connectivity index (χ0v) is 11.0. The Kier molecular flexibility index (Phi) is 3.13. The molecule has 0 aliphatic carbocycles. The second-order valence-electron chi connectivity index (χ2n) is 4.59. The maximum atomic E-state index is 12.2. The number of pyridine rings is 2. The molecule has 0 saturated carbocycles. The van der Waals surface area contributed by atoms with Crippen LogP contribution in [0.5, 0.6) is 0 Å². The van der Waals surface area contributed by atoms with Crippen LogP contribution >= 0.6 is 0 Å². The summed E-state index contributed by atoms with van der Waals surface area (Å²) in [7, 11) is 0. The Labute approximate surface area is 116 Å². The van der Waals surface area contributed by atoms with Gasteiger partial charge in [0.15, 0.2) is 0 Å². The lowest BCUT2D eigenvalue weighted by atomic mass is 10.1. The lowest BCUT2D eigenvalue weighted by molar-refractivity contribution is 0.102. The maximum Gasteiger partial charge on any atom is 0.258 e. The first kappa shape index (κ1) is 12.3. The van der Waals surface area contributed by atoms with Gasteiger partial charge in [0.1, 0.15) is 5.82 Å². The highest BCUT2D eigenvalue weighted by atomic mass is 16.1. The molecule has 0 atom stereocenters. The molecule has 0 radical (unpaired) electrons. The van der Waals surface area contributed by atoms with Crippen molar-refractivity contribution in [3.8, 4) is 0 Å². The average molecular weight is 263 g/mol. The van der Waals surface area contributed by atoms with E-state index in [1.807, 2.05) is 49.4 Å². The summed E-state index contributed by atoms with van der Waals surface area (Å²) in [6, 6.07) is 13.2. The number of nitrogens with zero attached hydrogens (tertiary/aromatic N) is 2. The summed E-state index contributed by atoms with van der Waals surface area (Å²) in [5.41, 5.74) is 2.44. The minimum atomic E-state index is -0.207. The number of hydrogen-bond donors (Lipinski definition) is 1. The molecular formula is C16H13N3O. The summed E-state index contributed by atoms with van der Waals surface area (Å²) in [5, 5.41) is 3.72. The molecule has 3 aromatic rings. The van der Waals surface area contributed by atoms with Crippen LogP contribution in [0.4, 0.5) is 5.82 Å². The predicted octanol–water partition coefficient (Wildman–Crippen LogP) is 3.19. The molecule has 3 rings (SSSR count). The van der Waals surface area contributed by atoms with Crippen LogP contribution in [-0.2, 0) is 0 Å². The number of anilines is 1. The van der Waals surface area contributed by atoms with Crippen molar-refractivity contribution in [3.05, 3.63) is 66.0 Å². The van der Waals surface area contributed by atoms with Gasteiger partial charge in [0, 0.05) is 17.8 Å². The van der Waals surface area contributed by atoms with Gasteiger partial charge in [0.25, 0.3) is 5.91 Å². The second-order valence-corrected chi connectivity index (χ2v) is 4.59. The van der Waals surface area contributed by atoms with Crippen LogP contribution in [0.25, 0.3) is 10.9 Å². The Balaban J connectivity index is 1.88. The fourth-order valence-electron chi connectivity index (χ4n) is 1.99. The smallest absolute Gasteiger partial charge is 0.258 e. The Bertz CT molecular complexity index is 783. The Hall–Kier alpha value is -2.75. The highest BCUT2D eigenvalue weighted by molar-refractivity contribution is 6.05. The Morgan fingerprint density at radius 3 is 2.80 bits per heavy atom. The number of carbonyl (C=O) groups excluding carboxylic acids is 1. The first-order chi connectivity index (χ1) is 9.72. The molecular weight excluding hydrogens is 250 g/mol. The van der Waals surface area contributed by atoms with E-state index in [0.29, 0.717) is 11.4 Å². The standard InChI is InChI=1S/C16H13N3O/c1-11-6-7-17-15(8-11)19-16(20)13-9-12-4-2-3-5-14(12)18-10-13/h2-10H,1H3,(H,17,19,20). The topological polar surface area (TPSA) is 54.9 Å². The molecule has 0 fully saturated rings. The highest BCUT2D eigenvalue weighted by Crippen LogP contribution is 2.14. The third-order valence-corrected chi connectivity index (χ3v) is 3.01. The molecule has 20 heavy (non-hydrogen) atoms. The van der Waals surface area contributed by atoms with Crippen LogP contribution in [0, 0.1) is 6.92 Å². The number of para-hydroxylation sites is 1. The minimum Gasteiger partial charge on any atom is -0.307 e. The molecule has 4 nitrogen and oxygen atoms in total. The molecule has 2 aromatic heterocycles. The fraction of sp³-hybridized carbons (Fsp3) is 0.0625. The molecule has 0 aliphatic rings. The summed E-state index contributed by atoms with van der Waals surface area (Å²) in [4.78, 5) is 20.6. The summed E-state index contributed by atoms with van der Waals surface area (Å²) in [6.07, 6.45) is 3.25. The van der Waals surface area contributed by atoms with Crippen molar-refractivity contribution < 1.29 is 4.79 Å². The maximum absolute atomic E-state index is 12.2. The first-order valence-corrected chi connectivity index (χ1v) is 6.31. The van der Waals surface area contributed by atoms with E-state index in [1.165, 1.54) is 0 Å². The zero-order valence-electron chi connectivity index (χ0n) is 11.0. The van der Waals surface area contributed by atoms with Gasteiger partial charge >= 0.3 is 0 Å². The quantitative estimate of drug-likeness (QED) is 0.772. The van der Waals surface area contributed by atoms with Gasteiger partial charge in [-0.2, -0.15) is 0 Å². The van der Waals surface area contributed by atoms with Crippen molar-refractivity contribution in [1.82, 2.24) is 9.97 Å². The van der Waals surface area contributed by atoms with Gasteiger partial charge in [0.2, 0.25) is 0 Å². The Morgan fingerprint density at radius 1 is 1.10 bits per heavy atom. The molecule has 2 heterocycles. The van der Waals surface area contributed by atoms with Crippen LogP contribution in [0.3, 0.4) is 0 Å². The van der Waals surface area contributed by atoms with Gasteiger partial charge in [-0.25, -0.2) is 4.98 Å². The fourth-order valence-corrected chi connectivity index (χ4v) is 1.99. The molecule has 1 aromatic carbocycles. The van der Waals surface area contributed by atoms with E-state index in [9.17, 15) is 4.79 Å². The van der Waals surface area contributed by atoms with Gasteiger partial charge in [0.05, 0.1) is 11.1 Å². The Morgan fingerprint density at radius 2 is 1.95 bits per heavy atom. The second kappa shape index (κ2) is 5.09. The van der Waals surface area contributed by atoms with E-state index in [2.05, 4.69) is 15.3 Å². The van der Waals surface area contributed by atoms with Gasteiger partial charge < -0.3 is 5.32 Å². The number of carbonyl (C=O) groups is 1. The molecule has 1 amide bonds. The van der Waals surface area contributed by atoms with Gasteiger partial charge in [-0.1, -0.05) is 18.2 Å². The third-order valence-electron chi connectivity index (χ3n) is 3.01. The van der Waals surface area contributed by atoms with Crippen molar-refractivity contribution in [2.45, 2.75) is 6.92 Å². The van der Waals surface area contributed by atoms with Gasteiger partial charge in [-0.15, -0.1) is 0 Å². The largest absolute Gasteiger partial charge is 0.307 e. The summed E-state index contributed by atoms with van der Waals surface area (Å²) in [5.74, 6) is 0.338. The molecule has 0 spiro atoms. The van der Waals surface area contributed by atoms with Crippen LogP contribution in [0.15, 0.2) is 54.9 Å². The van der Waals surface area contributed by atoms with E-state index in [-0.39, 0.29) is 5.91 Å². The van der Waals surface area contributed by atoms with Crippen molar-refractivity contribution >= 4 is 22.6 Å². The minimum absolute atomic E-state index is 0.207. The number of aryl methyl sites for hydroxylation is 1. The monoisotopic (exact) mass is 263 g/mol. The van der Waals surface area contributed by atoms with E-state index in [1.54, 1.807) is 12.4 Å². The molecule has 0 aliphatic heterocycles. The normalized spacial score (nSPS) is 10.4. The average Bonchev–Trinajstić information content (AvgIpc) is 2.47. The van der Waals surface area contributed by atoms with E-state index in [0.717, 1.165) is 16.5 Å². The number of aromatic nitrogens is 2. The predicted molar refractivity (Wildman–Crippen MR) is 78.7 cm³/mol. The van der Waals surface area contributed by atoms with Crippen molar-refractivity contribution in [2.24, 2.45) is 0 Å². The lowest BCUT2D eigenvalue weighted by Crippen LogP contribution is -2.13.